The number of allylic oxidation sites excluding steroid dienone is 1. The van der Waals surface area contributed by atoms with Gasteiger partial charge in [0.25, 0.3) is 0 Å². The zero-order chi connectivity index (χ0) is 22.6. The zero-order valence-electron chi connectivity index (χ0n) is 18.7. The third-order valence-electron chi connectivity index (χ3n) is 5.97. The molecular weight excluding hydrogens is 482 g/mol. The Morgan fingerprint density at radius 2 is 1.91 bits per heavy atom. The molecule has 0 radical (unpaired) electrons. The van der Waals surface area contributed by atoms with E-state index in [9.17, 15) is 0 Å². The van der Waals surface area contributed by atoms with Gasteiger partial charge in [-0.3, -0.25) is 4.90 Å². The SMILES string of the molecule is Cn1c(Nc2ccc(Br)cc2)nc2cc(OC3=CCN(CCN4CCOCC4)C=C3)ccc21. The lowest BCUT2D eigenvalue weighted by molar-refractivity contribution is 0.0355. The van der Waals surface area contributed by atoms with Crippen LogP contribution in [0.5, 0.6) is 5.75 Å². The number of anilines is 2. The first kappa shape index (κ1) is 22.0. The molecule has 2 aliphatic heterocycles. The van der Waals surface area contributed by atoms with Crippen molar-refractivity contribution in [2.75, 3.05) is 51.3 Å². The van der Waals surface area contributed by atoms with Gasteiger partial charge in [0, 0.05) is 62.2 Å². The molecule has 0 saturated carbocycles. The number of morpholine rings is 1. The van der Waals surface area contributed by atoms with Crippen LogP contribution in [0, 0.1) is 0 Å². The summed E-state index contributed by atoms with van der Waals surface area (Å²) >= 11 is 3.47. The monoisotopic (exact) mass is 509 g/mol. The molecule has 0 aliphatic carbocycles. The molecule has 0 bridgehead atoms. The predicted molar refractivity (Wildman–Crippen MR) is 135 cm³/mol. The van der Waals surface area contributed by atoms with E-state index in [1.807, 2.05) is 60.2 Å². The highest BCUT2D eigenvalue weighted by molar-refractivity contribution is 9.10. The maximum atomic E-state index is 6.13. The lowest BCUT2D eigenvalue weighted by atomic mass is 10.3. The van der Waals surface area contributed by atoms with E-state index in [4.69, 9.17) is 14.5 Å². The van der Waals surface area contributed by atoms with Crippen LogP contribution in [0.15, 0.2) is 71.0 Å². The minimum absolute atomic E-state index is 0.786. The molecule has 1 aromatic heterocycles. The molecule has 7 nitrogen and oxygen atoms in total. The molecule has 0 atom stereocenters. The van der Waals surface area contributed by atoms with Crippen LogP contribution in [0.1, 0.15) is 0 Å². The molecule has 8 heteroatoms. The number of hydrogen-bond acceptors (Lipinski definition) is 6. The van der Waals surface area contributed by atoms with Crippen molar-refractivity contribution in [1.82, 2.24) is 19.4 Å². The number of nitrogens with zero attached hydrogens (tertiary/aromatic N) is 4. The molecule has 2 aromatic carbocycles. The number of aromatic nitrogens is 2. The first-order chi connectivity index (χ1) is 16.1. The summed E-state index contributed by atoms with van der Waals surface area (Å²) in [5, 5.41) is 3.38. The normalized spacial score (nSPS) is 16.8. The molecule has 1 saturated heterocycles. The van der Waals surface area contributed by atoms with Crippen LogP contribution in [0.25, 0.3) is 11.0 Å². The van der Waals surface area contributed by atoms with Gasteiger partial charge >= 0.3 is 0 Å². The maximum Gasteiger partial charge on any atom is 0.208 e. The summed E-state index contributed by atoms with van der Waals surface area (Å²) in [7, 11) is 2.01. The molecule has 0 amide bonds. The quantitative estimate of drug-likeness (QED) is 0.505. The maximum absolute atomic E-state index is 6.13. The molecule has 0 spiro atoms. The van der Waals surface area contributed by atoms with E-state index >= 15 is 0 Å². The van der Waals surface area contributed by atoms with Gasteiger partial charge in [0.2, 0.25) is 5.95 Å². The number of aryl methyl sites for hydroxylation is 1. The average Bonchev–Trinajstić information content (AvgIpc) is 3.15. The molecule has 5 rings (SSSR count). The first-order valence-corrected chi connectivity index (χ1v) is 12.0. The second-order valence-corrected chi connectivity index (χ2v) is 9.17. The summed E-state index contributed by atoms with van der Waals surface area (Å²) in [5.41, 5.74) is 2.93. The van der Waals surface area contributed by atoms with Gasteiger partial charge in [-0.25, -0.2) is 4.98 Å². The fourth-order valence-electron chi connectivity index (χ4n) is 4.00. The smallest absolute Gasteiger partial charge is 0.208 e. The van der Waals surface area contributed by atoms with Gasteiger partial charge in [0.1, 0.15) is 11.5 Å². The van der Waals surface area contributed by atoms with Crippen molar-refractivity contribution < 1.29 is 9.47 Å². The minimum Gasteiger partial charge on any atom is -0.458 e. The second-order valence-electron chi connectivity index (χ2n) is 8.25. The fourth-order valence-corrected chi connectivity index (χ4v) is 4.27. The summed E-state index contributed by atoms with van der Waals surface area (Å²) in [6.45, 7) is 6.66. The largest absolute Gasteiger partial charge is 0.458 e. The van der Waals surface area contributed by atoms with Gasteiger partial charge in [0.15, 0.2) is 0 Å². The summed E-state index contributed by atoms with van der Waals surface area (Å²) < 4.78 is 14.6. The van der Waals surface area contributed by atoms with Crippen molar-refractivity contribution >= 4 is 38.6 Å². The Morgan fingerprint density at radius 3 is 2.67 bits per heavy atom. The number of fused-ring (bicyclic) bond motifs is 1. The number of benzene rings is 2. The van der Waals surface area contributed by atoms with E-state index in [0.29, 0.717) is 0 Å². The highest BCUT2D eigenvalue weighted by Gasteiger charge is 2.13. The third-order valence-corrected chi connectivity index (χ3v) is 6.50. The second kappa shape index (κ2) is 9.99. The van der Waals surface area contributed by atoms with E-state index < -0.39 is 0 Å². The highest BCUT2D eigenvalue weighted by Crippen LogP contribution is 2.27. The Hall–Kier alpha value is -2.81. The highest BCUT2D eigenvalue weighted by atomic mass is 79.9. The molecule has 0 unspecified atom stereocenters. The third kappa shape index (κ3) is 5.40. The molecule has 3 heterocycles. The number of halogens is 1. The van der Waals surface area contributed by atoms with E-state index in [1.54, 1.807) is 0 Å². The lowest BCUT2D eigenvalue weighted by Crippen LogP contribution is -2.40. The van der Waals surface area contributed by atoms with Crippen LogP contribution in [0.2, 0.25) is 0 Å². The van der Waals surface area contributed by atoms with Crippen LogP contribution >= 0.6 is 15.9 Å². The Balaban J connectivity index is 1.20. The van der Waals surface area contributed by atoms with Crippen molar-refractivity contribution in [3.8, 4) is 5.75 Å². The summed E-state index contributed by atoms with van der Waals surface area (Å²) in [6.07, 6.45) is 6.28. The number of imidazole rings is 1. The number of ether oxygens (including phenoxy) is 2. The molecule has 3 aromatic rings. The average molecular weight is 510 g/mol. The molecular formula is C25H28BrN5O2. The van der Waals surface area contributed by atoms with Crippen LogP contribution in [-0.2, 0) is 11.8 Å². The van der Waals surface area contributed by atoms with Crippen molar-refractivity contribution in [1.29, 1.82) is 0 Å². The van der Waals surface area contributed by atoms with Crippen LogP contribution < -0.4 is 10.1 Å². The van der Waals surface area contributed by atoms with Gasteiger partial charge in [-0.1, -0.05) is 15.9 Å². The van der Waals surface area contributed by atoms with Gasteiger partial charge in [-0.2, -0.15) is 0 Å². The van der Waals surface area contributed by atoms with E-state index in [-0.39, 0.29) is 0 Å². The Morgan fingerprint density at radius 1 is 1.09 bits per heavy atom. The zero-order valence-corrected chi connectivity index (χ0v) is 20.3. The lowest BCUT2D eigenvalue weighted by Gasteiger charge is -2.30. The summed E-state index contributed by atoms with van der Waals surface area (Å²) in [6, 6.07) is 14.1. The Kier molecular flexibility index (Phi) is 6.66. The van der Waals surface area contributed by atoms with Crippen molar-refractivity contribution in [3.63, 3.8) is 0 Å². The van der Waals surface area contributed by atoms with Crippen LogP contribution in [0.3, 0.4) is 0 Å². The van der Waals surface area contributed by atoms with Crippen LogP contribution in [-0.4, -0.2) is 65.3 Å². The Labute approximate surface area is 202 Å². The number of rotatable bonds is 7. The van der Waals surface area contributed by atoms with Gasteiger partial charge in [-0.05, 0) is 48.6 Å². The minimum atomic E-state index is 0.786. The Bertz CT molecular complexity index is 1170. The first-order valence-electron chi connectivity index (χ1n) is 11.2. The molecule has 1 fully saturated rings. The summed E-state index contributed by atoms with van der Waals surface area (Å²) in [5.74, 6) is 2.44. The molecule has 2 aliphatic rings. The van der Waals surface area contributed by atoms with Gasteiger partial charge in [0.05, 0.1) is 24.2 Å². The summed E-state index contributed by atoms with van der Waals surface area (Å²) in [4.78, 5) is 9.53. The molecule has 1 N–H and O–H groups in total. The molecule has 33 heavy (non-hydrogen) atoms. The van der Waals surface area contributed by atoms with E-state index in [2.05, 4.69) is 43.3 Å². The van der Waals surface area contributed by atoms with Gasteiger partial charge < -0.3 is 24.3 Å². The predicted octanol–water partition coefficient (Wildman–Crippen LogP) is 4.50. The van der Waals surface area contributed by atoms with E-state index in [0.717, 1.165) is 84.6 Å². The topological polar surface area (TPSA) is 54.8 Å². The fraction of sp³-hybridized carbons (Fsp3) is 0.320. The number of nitrogens with one attached hydrogen (secondary N) is 1. The number of hydrogen-bond donors (Lipinski definition) is 1. The van der Waals surface area contributed by atoms with Crippen molar-refractivity contribution in [2.45, 2.75) is 0 Å². The van der Waals surface area contributed by atoms with Gasteiger partial charge in [-0.15, -0.1) is 0 Å². The van der Waals surface area contributed by atoms with Crippen LogP contribution in [0.4, 0.5) is 11.6 Å². The molecule has 172 valence electrons. The van der Waals surface area contributed by atoms with Crippen molar-refractivity contribution in [3.05, 3.63) is 71.0 Å². The van der Waals surface area contributed by atoms with E-state index in [1.165, 1.54) is 0 Å². The van der Waals surface area contributed by atoms with Crippen molar-refractivity contribution in [2.24, 2.45) is 7.05 Å². The standard InChI is InChI=1S/C25H28BrN5O2/c1-29-24-7-6-22(18-23(24)28-25(29)27-20-4-2-19(26)3-5-20)33-21-8-10-30(11-9-21)12-13-31-14-16-32-17-15-31/h2-10,18H,11-17H2,1H3,(H,27,28).